The minimum absolute atomic E-state index is 0.0627. The van der Waals surface area contributed by atoms with E-state index < -0.39 is 5.60 Å². The molecule has 4 heteroatoms. The van der Waals surface area contributed by atoms with Crippen LogP contribution in [0.2, 0.25) is 0 Å². The van der Waals surface area contributed by atoms with Gasteiger partial charge in [-0.15, -0.1) is 0 Å². The summed E-state index contributed by atoms with van der Waals surface area (Å²) in [6.07, 6.45) is 2.84. The molecule has 1 spiro atoms. The predicted molar refractivity (Wildman–Crippen MR) is 64.7 cm³/mol. The molecule has 1 N–H and O–H groups in total. The Bertz CT molecular complexity index is 290. The van der Waals surface area contributed by atoms with Crippen LogP contribution in [0, 0.1) is 5.92 Å². The minimum atomic E-state index is -0.402. The summed E-state index contributed by atoms with van der Waals surface area (Å²) < 4.78 is 11.3. The molecule has 0 aromatic carbocycles. The topological polar surface area (TPSA) is 47.6 Å². The van der Waals surface area contributed by atoms with Crippen LogP contribution in [0.25, 0.3) is 0 Å². The van der Waals surface area contributed by atoms with Crippen molar-refractivity contribution in [2.75, 3.05) is 19.7 Å². The van der Waals surface area contributed by atoms with Gasteiger partial charge in [-0.05, 0) is 53.1 Å². The monoisotopic (exact) mass is 241 g/mol. The van der Waals surface area contributed by atoms with Crippen molar-refractivity contribution in [3.05, 3.63) is 0 Å². The largest absolute Gasteiger partial charge is 0.460 e. The lowest BCUT2D eigenvalue weighted by Crippen LogP contribution is -2.41. The van der Waals surface area contributed by atoms with Gasteiger partial charge >= 0.3 is 5.97 Å². The average molecular weight is 241 g/mol. The number of hydrogen-bond donors (Lipinski definition) is 1. The second kappa shape index (κ2) is 4.58. The SMILES string of the molecule is CC(C)(C)OC(=O)C1COC2(CCNCC2)C1. The molecule has 2 heterocycles. The predicted octanol–water partition coefficient (Wildman–Crippen LogP) is 1.49. The number of piperidine rings is 1. The Kier molecular flexibility index (Phi) is 3.46. The Labute approximate surface area is 103 Å². The lowest BCUT2D eigenvalue weighted by atomic mass is 9.86. The van der Waals surface area contributed by atoms with Gasteiger partial charge in [-0.2, -0.15) is 0 Å². The minimum Gasteiger partial charge on any atom is -0.460 e. The second-order valence-electron chi connectivity index (χ2n) is 6.18. The van der Waals surface area contributed by atoms with Gasteiger partial charge in [0, 0.05) is 0 Å². The third-order valence-electron chi connectivity index (χ3n) is 3.46. The molecule has 2 aliphatic rings. The van der Waals surface area contributed by atoms with Gasteiger partial charge in [0.25, 0.3) is 0 Å². The zero-order valence-corrected chi connectivity index (χ0v) is 11.0. The summed E-state index contributed by atoms with van der Waals surface area (Å²) >= 11 is 0. The van der Waals surface area contributed by atoms with Crippen LogP contribution in [0.1, 0.15) is 40.0 Å². The number of nitrogens with one attached hydrogen (secondary N) is 1. The third kappa shape index (κ3) is 3.19. The number of ether oxygens (including phenoxy) is 2. The first-order chi connectivity index (χ1) is 7.90. The van der Waals surface area contributed by atoms with E-state index in [2.05, 4.69) is 5.32 Å². The average Bonchev–Trinajstić information content (AvgIpc) is 2.61. The van der Waals surface area contributed by atoms with Crippen molar-refractivity contribution < 1.29 is 14.3 Å². The van der Waals surface area contributed by atoms with Crippen molar-refractivity contribution in [3.8, 4) is 0 Å². The van der Waals surface area contributed by atoms with Crippen LogP contribution in [0.4, 0.5) is 0 Å². The number of carbonyl (C=O) groups is 1. The molecule has 2 saturated heterocycles. The standard InChI is InChI=1S/C13H23NO3/c1-12(2,3)17-11(15)10-8-13(16-9-10)4-6-14-7-5-13/h10,14H,4-9H2,1-3H3. The summed E-state index contributed by atoms with van der Waals surface area (Å²) in [5.41, 5.74) is -0.465. The highest BCUT2D eigenvalue weighted by atomic mass is 16.6. The molecule has 0 radical (unpaired) electrons. The highest BCUT2D eigenvalue weighted by Gasteiger charge is 2.44. The zero-order chi connectivity index (χ0) is 12.5. The van der Waals surface area contributed by atoms with Gasteiger partial charge in [0.2, 0.25) is 0 Å². The van der Waals surface area contributed by atoms with E-state index in [9.17, 15) is 4.79 Å². The Morgan fingerprint density at radius 3 is 2.59 bits per heavy atom. The molecule has 0 saturated carbocycles. The highest BCUT2D eigenvalue weighted by molar-refractivity contribution is 5.73. The molecule has 0 aromatic rings. The first-order valence-corrected chi connectivity index (χ1v) is 6.48. The fourth-order valence-corrected chi connectivity index (χ4v) is 2.61. The summed E-state index contributed by atoms with van der Waals surface area (Å²) in [4.78, 5) is 12.0. The lowest BCUT2D eigenvalue weighted by molar-refractivity contribution is -0.159. The third-order valence-corrected chi connectivity index (χ3v) is 3.46. The van der Waals surface area contributed by atoms with Crippen LogP contribution in [0.3, 0.4) is 0 Å². The van der Waals surface area contributed by atoms with Crippen LogP contribution in [0.5, 0.6) is 0 Å². The van der Waals surface area contributed by atoms with Crippen molar-refractivity contribution >= 4 is 5.97 Å². The first-order valence-electron chi connectivity index (χ1n) is 6.48. The Morgan fingerprint density at radius 1 is 1.35 bits per heavy atom. The van der Waals surface area contributed by atoms with Crippen molar-refractivity contribution in [3.63, 3.8) is 0 Å². The second-order valence-corrected chi connectivity index (χ2v) is 6.18. The van der Waals surface area contributed by atoms with E-state index in [1.165, 1.54) is 0 Å². The van der Waals surface area contributed by atoms with E-state index in [1.807, 2.05) is 20.8 Å². The molecule has 17 heavy (non-hydrogen) atoms. The van der Waals surface area contributed by atoms with E-state index in [4.69, 9.17) is 9.47 Å². The first kappa shape index (κ1) is 12.8. The molecule has 4 nitrogen and oxygen atoms in total. The van der Waals surface area contributed by atoms with Gasteiger partial charge in [0.1, 0.15) is 5.60 Å². The van der Waals surface area contributed by atoms with Crippen molar-refractivity contribution in [2.45, 2.75) is 51.2 Å². The van der Waals surface area contributed by atoms with E-state index in [0.717, 1.165) is 32.4 Å². The van der Waals surface area contributed by atoms with E-state index in [1.54, 1.807) is 0 Å². The molecule has 98 valence electrons. The number of hydrogen-bond acceptors (Lipinski definition) is 4. The number of carbonyl (C=O) groups excluding carboxylic acids is 1. The van der Waals surface area contributed by atoms with Crippen molar-refractivity contribution in [2.24, 2.45) is 5.92 Å². The van der Waals surface area contributed by atoms with Gasteiger partial charge in [0.15, 0.2) is 0 Å². The number of rotatable bonds is 1. The lowest BCUT2D eigenvalue weighted by Gasteiger charge is -2.33. The zero-order valence-electron chi connectivity index (χ0n) is 11.0. The molecular formula is C13H23NO3. The van der Waals surface area contributed by atoms with Crippen LogP contribution in [-0.4, -0.2) is 36.9 Å². The fourth-order valence-electron chi connectivity index (χ4n) is 2.61. The van der Waals surface area contributed by atoms with Crippen LogP contribution >= 0.6 is 0 Å². The van der Waals surface area contributed by atoms with Gasteiger partial charge in [0.05, 0.1) is 18.1 Å². The normalized spacial score (nSPS) is 28.3. The van der Waals surface area contributed by atoms with Gasteiger partial charge in [-0.1, -0.05) is 0 Å². The van der Waals surface area contributed by atoms with Crippen LogP contribution < -0.4 is 5.32 Å². The molecule has 1 atom stereocenters. The molecule has 1 unspecified atom stereocenters. The molecule has 0 amide bonds. The Morgan fingerprint density at radius 2 is 2.00 bits per heavy atom. The molecule has 2 fully saturated rings. The van der Waals surface area contributed by atoms with Crippen molar-refractivity contribution in [1.82, 2.24) is 5.32 Å². The summed E-state index contributed by atoms with van der Waals surface area (Å²) in [6, 6.07) is 0. The van der Waals surface area contributed by atoms with Gasteiger partial charge in [-0.25, -0.2) is 0 Å². The number of esters is 1. The van der Waals surface area contributed by atoms with E-state index in [0.29, 0.717) is 6.61 Å². The molecule has 0 bridgehead atoms. The van der Waals surface area contributed by atoms with E-state index >= 15 is 0 Å². The van der Waals surface area contributed by atoms with Gasteiger partial charge < -0.3 is 14.8 Å². The molecular weight excluding hydrogens is 218 g/mol. The fraction of sp³-hybridized carbons (Fsp3) is 0.923. The van der Waals surface area contributed by atoms with Crippen molar-refractivity contribution in [1.29, 1.82) is 0 Å². The van der Waals surface area contributed by atoms with Crippen LogP contribution in [-0.2, 0) is 14.3 Å². The maximum absolute atomic E-state index is 12.0. The van der Waals surface area contributed by atoms with Gasteiger partial charge in [-0.3, -0.25) is 4.79 Å². The summed E-state index contributed by atoms with van der Waals surface area (Å²) in [5, 5.41) is 3.32. The van der Waals surface area contributed by atoms with E-state index in [-0.39, 0.29) is 17.5 Å². The molecule has 0 aromatic heterocycles. The summed E-state index contributed by atoms with van der Waals surface area (Å²) in [5.74, 6) is -0.180. The smallest absolute Gasteiger partial charge is 0.311 e. The maximum Gasteiger partial charge on any atom is 0.311 e. The Hall–Kier alpha value is -0.610. The molecule has 2 aliphatic heterocycles. The quantitative estimate of drug-likeness (QED) is 0.707. The van der Waals surface area contributed by atoms with Crippen LogP contribution in [0.15, 0.2) is 0 Å². The summed E-state index contributed by atoms with van der Waals surface area (Å²) in [6.45, 7) is 8.21. The maximum atomic E-state index is 12.0. The Balaban J connectivity index is 1.91. The summed E-state index contributed by atoms with van der Waals surface area (Å²) in [7, 11) is 0. The molecule has 0 aliphatic carbocycles. The highest BCUT2D eigenvalue weighted by Crippen LogP contribution is 2.37. The molecule has 2 rings (SSSR count).